The fraction of sp³-hybridized carbons (Fsp3) is 0.263. The first kappa shape index (κ1) is 21.6. The maximum Gasteiger partial charge on any atom is 0.416 e. The summed E-state index contributed by atoms with van der Waals surface area (Å²) in [6.45, 7) is 0.900. The lowest BCUT2D eigenvalue weighted by molar-refractivity contribution is -0.149. The van der Waals surface area contributed by atoms with E-state index in [0.717, 1.165) is 24.1 Å². The lowest BCUT2D eigenvalue weighted by Crippen LogP contribution is -2.24. The third-order valence-corrected chi connectivity index (χ3v) is 3.95. The van der Waals surface area contributed by atoms with Gasteiger partial charge in [-0.1, -0.05) is 30.7 Å². The Kier molecular flexibility index (Phi) is 7.28. The summed E-state index contributed by atoms with van der Waals surface area (Å²) >= 11 is 5.78. The fourth-order valence-electron chi connectivity index (χ4n) is 2.14. The molecule has 0 aliphatic heterocycles. The van der Waals surface area contributed by atoms with Gasteiger partial charge in [0.05, 0.1) is 16.3 Å². The van der Waals surface area contributed by atoms with E-state index in [-0.39, 0.29) is 10.7 Å². The van der Waals surface area contributed by atoms with Crippen molar-refractivity contribution in [3.63, 3.8) is 0 Å². The third kappa shape index (κ3) is 6.45. The zero-order valence-corrected chi connectivity index (χ0v) is 15.6. The van der Waals surface area contributed by atoms with Crippen LogP contribution in [0.3, 0.4) is 0 Å². The minimum Gasteiger partial charge on any atom is -0.482 e. The van der Waals surface area contributed by atoms with E-state index in [2.05, 4.69) is 5.32 Å². The van der Waals surface area contributed by atoms with Crippen molar-refractivity contribution in [2.45, 2.75) is 19.5 Å². The molecule has 5 nitrogen and oxygen atoms in total. The molecule has 0 spiro atoms. The van der Waals surface area contributed by atoms with Crippen LogP contribution in [-0.4, -0.2) is 25.1 Å². The molecular weight excluding hydrogens is 399 g/mol. The van der Waals surface area contributed by atoms with Crippen LogP contribution in [-0.2, 0) is 26.9 Å². The van der Waals surface area contributed by atoms with Gasteiger partial charge in [0.1, 0.15) is 5.75 Å². The van der Waals surface area contributed by atoms with Crippen molar-refractivity contribution < 1.29 is 32.2 Å². The summed E-state index contributed by atoms with van der Waals surface area (Å²) in [5.74, 6) is -1.17. The maximum absolute atomic E-state index is 12.7. The number of benzene rings is 2. The largest absolute Gasteiger partial charge is 0.482 e. The van der Waals surface area contributed by atoms with Gasteiger partial charge in [-0.2, -0.15) is 13.2 Å². The predicted molar refractivity (Wildman–Crippen MR) is 97.4 cm³/mol. The van der Waals surface area contributed by atoms with E-state index >= 15 is 0 Å². The Balaban J connectivity index is 1.82. The van der Waals surface area contributed by atoms with Gasteiger partial charge in [0.15, 0.2) is 13.2 Å². The van der Waals surface area contributed by atoms with Crippen molar-refractivity contribution >= 4 is 29.2 Å². The second-order valence-electron chi connectivity index (χ2n) is 5.69. The smallest absolute Gasteiger partial charge is 0.416 e. The molecule has 2 rings (SSSR count). The second-order valence-corrected chi connectivity index (χ2v) is 6.09. The average molecular weight is 416 g/mol. The highest BCUT2D eigenvalue weighted by molar-refractivity contribution is 6.33. The molecule has 0 aromatic heterocycles. The molecule has 0 radical (unpaired) electrons. The summed E-state index contributed by atoms with van der Waals surface area (Å²) < 4.78 is 48.1. The molecule has 1 amide bonds. The number of nitrogens with one attached hydrogen (secondary N) is 1. The Morgan fingerprint density at radius 2 is 1.75 bits per heavy atom. The summed E-state index contributed by atoms with van der Waals surface area (Å²) in [7, 11) is 0. The Morgan fingerprint density at radius 3 is 2.36 bits per heavy atom. The van der Waals surface area contributed by atoms with Gasteiger partial charge in [-0.15, -0.1) is 0 Å². The van der Waals surface area contributed by atoms with Crippen molar-refractivity contribution in [2.75, 3.05) is 18.5 Å². The van der Waals surface area contributed by atoms with Crippen LogP contribution < -0.4 is 10.1 Å². The molecule has 0 saturated carbocycles. The van der Waals surface area contributed by atoms with Crippen LogP contribution in [0.15, 0.2) is 42.5 Å². The quantitative estimate of drug-likeness (QED) is 0.677. The molecule has 0 saturated heterocycles. The van der Waals surface area contributed by atoms with E-state index in [0.29, 0.717) is 11.8 Å². The number of alkyl halides is 3. The molecule has 2 aromatic carbocycles. The zero-order valence-electron chi connectivity index (χ0n) is 14.8. The Hall–Kier alpha value is -2.74. The van der Waals surface area contributed by atoms with E-state index in [9.17, 15) is 22.8 Å². The number of hydrogen-bond acceptors (Lipinski definition) is 4. The number of carbonyl (C=O) groups is 2. The summed E-state index contributed by atoms with van der Waals surface area (Å²) in [4.78, 5) is 23.5. The van der Waals surface area contributed by atoms with Crippen molar-refractivity contribution in [3.8, 4) is 5.75 Å². The minimum atomic E-state index is -4.58. The highest BCUT2D eigenvalue weighted by atomic mass is 35.5. The van der Waals surface area contributed by atoms with Gasteiger partial charge >= 0.3 is 12.1 Å². The molecule has 0 heterocycles. The van der Waals surface area contributed by atoms with Crippen LogP contribution in [0, 0.1) is 0 Å². The molecule has 0 aliphatic carbocycles. The number of esters is 1. The Morgan fingerprint density at radius 1 is 1.07 bits per heavy atom. The average Bonchev–Trinajstić information content (AvgIpc) is 2.66. The van der Waals surface area contributed by atoms with Crippen molar-refractivity contribution in [2.24, 2.45) is 0 Å². The van der Waals surface area contributed by atoms with Gasteiger partial charge < -0.3 is 14.8 Å². The normalized spacial score (nSPS) is 11.0. The molecule has 2 aromatic rings. The lowest BCUT2D eigenvalue weighted by atomic mass is 10.2. The minimum absolute atomic E-state index is 0.0773. The van der Waals surface area contributed by atoms with E-state index < -0.39 is 36.8 Å². The number of hydrogen-bond donors (Lipinski definition) is 1. The molecule has 150 valence electrons. The molecular formula is C19H17ClF3NO4. The molecule has 0 atom stereocenters. The number of anilines is 1. The molecule has 9 heteroatoms. The number of rotatable bonds is 7. The van der Waals surface area contributed by atoms with Crippen molar-refractivity contribution in [3.05, 3.63) is 58.6 Å². The van der Waals surface area contributed by atoms with E-state index in [4.69, 9.17) is 21.1 Å². The molecule has 0 aliphatic rings. The van der Waals surface area contributed by atoms with Crippen molar-refractivity contribution in [1.29, 1.82) is 0 Å². The summed E-state index contributed by atoms with van der Waals surface area (Å²) in [6.07, 6.45) is -3.71. The van der Waals surface area contributed by atoms with E-state index in [1.165, 1.54) is 0 Å². The Labute approximate surface area is 164 Å². The van der Waals surface area contributed by atoms with Crippen LogP contribution in [0.25, 0.3) is 0 Å². The van der Waals surface area contributed by atoms with E-state index in [1.54, 1.807) is 12.1 Å². The first-order valence-corrected chi connectivity index (χ1v) is 8.60. The number of aryl methyl sites for hydroxylation is 1. The van der Waals surface area contributed by atoms with Gasteiger partial charge in [0, 0.05) is 0 Å². The summed E-state index contributed by atoms with van der Waals surface area (Å²) in [5, 5.41) is 2.10. The van der Waals surface area contributed by atoms with Gasteiger partial charge in [0.25, 0.3) is 5.91 Å². The second kappa shape index (κ2) is 9.45. The number of carbonyl (C=O) groups excluding carboxylic acids is 2. The zero-order chi connectivity index (χ0) is 20.7. The molecule has 0 bridgehead atoms. The summed E-state index contributed by atoms with van der Waals surface area (Å²) in [6, 6.07) is 9.62. The van der Waals surface area contributed by atoms with Crippen LogP contribution in [0.5, 0.6) is 5.75 Å². The van der Waals surface area contributed by atoms with Crippen LogP contribution >= 0.6 is 11.6 Å². The highest BCUT2D eigenvalue weighted by Gasteiger charge is 2.31. The molecule has 1 N–H and O–H groups in total. The number of halogens is 4. The van der Waals surface area contributed by atoms with Gasteiger partial charge in [0.2, 0.25) is 0 Å². The predicted octanol–water partition coefficient (Wildman–Crippen LogP) is 4.48. The van der Waals surface area contributed by atoms with Gasteiger partial charge in [-0.05, 0) is 42.3 Å². The van der Waals surface area contributed by atoms with Crippen LogP contribution in [0.4, 0.5) is 18.9 Å². The van der Waals surface area contributed by atoms with E-state index in [1.807, 2.05) is 19.1 Å². The van der Waals surface area contributed by atoms with Gasteiger partial charge in [-0.25, -0.2) is 4.79 Å². The Bertz CT molecular complexity index is 838. The number of amides is 1. The first-order valence-electron chi connectivity index (χ1n) is 8.23. The summed E-state index contributed by atoms with van der Waals surface area (Å²) in [5.41, 5.74) is -0.0867. The topological polar surface area (TPSA) is 64.6 Å². The number of ether oxygens (including phenoxy) is 2. The van der Waals surface area contributed by atoms with Gasteiger partial charge in [-0.3, -0.25) is 4.79 Å². The fourth-order valence-corrected chi connectivity index (χ4v) is 2.30. The van der Waals surface area contributed by atoms with Crippen molar-refractivity contribution in [1.82, 2.24) is 0 Å². The van der Waals surface area contributed by atoms with Crippen LogP contribution in [0.1, 0.15) is 18.1 Å². The lowest BCUT2D eigenvalue weighted by Gasteiger charge is -2.12. The molecule has 0 unspecified atom stereocenters. The third-order valence-electron chi connectivity index (χ3n) is 3.62. The standard InChI is InChI=1S/C19H17ClF3NO4/c1-2-12-3-6-14(7-4-12)27-11-18(26)28-10-17(25)24-16-9-13(19(21,22)23)5-8-15(16)20/h3-9H,2,10-11H2,1H3,(H,24,25). The highest BCUT2D eigenvalue weighted by Crippen LogP contribution is 2.33. The first-order chi connectivity index (χ1) is 13.2. The molecule has 28 heavy (non-hydrogen) atoms. The SMILES string of the molecule is CCc1ccc(OCC(=O)OCC(=O)Nc2cc(C(F)(F)F)ccc2Cl)cc1. The van der Waals surface area contributed by atoms with Crippen LogP contribution in [0.2, 0.25) is 5.02 Å². The monoisotopic (exact) mass is 415 g/mol. The molecule has 0 fully saturated rings. The maximum atomic E-state index is 12.7.